The van der Waals surface area contributed by atoms with E-state index in [1.165, 1.54) is 0 Å². The summed E-state index contributed by atoms with van der Waals surface area (Å²) in [6.45, 7) is 2.24. The fourth-order valence-corrected chi connectivity index (χ4v) is 2.74. The van der Waals surface area contributed by atoms with Gasteiger partial charge in [0.25, 0.3) is 5.91 Å². The molecule has 0 spiro atoms. The third-order valence-electron chi connectivity index (χ3n) is 3.32. The molecule has 6 nitrogen and oxygen atoms in total. The molecule has 3 rings (SSSR count). The number of morpholine rings is 1. The van der Waals surface area contributed by atoms with E-state index in [0.29, 0.717) is 53.5 Å². The number of rotatable bonds is 3. The van der Waals surface area contributed by atoms with Crippen molar-refractivity contribution in [3.8, 4) is 0 Å². The molecular formula is C15H14Cl2N4O2. The zero-order chi connectivity index (χ0) is 16.2. The molecule has 0 bridgehead atoms. The van der Waals surface area contributed by atoms with Crippen molar-refractivity contribution >= 4 is 40.6 Å². The van der Waals surface area contributed by atoms with Crippen molar-refractivity contribution in [2.45, 2.75) is 0 Å². The van der Waals surface area contributed by atoms with Crippen molar-refractivity contribution in [1.29, 1.82) is 0 Å². The summed E-state index contributed by atoms with van der Waals surface area (Å²) >= 11 is 11.9. The fraction of sp³-hybridized carbons (Fsp3) is 0.267. The van der Waals surface area contributed by atoms with Gasteiger partial charge in [0, 0.05) is 28.8 Å². The third kappa shape index (κ3) is 4.10. The number of anilines is 2. The first-order valence-corrected chi connectivity index (χ1v) is 7.81. The van der Waals surface area contributed by atoms with E-state index >= 15 is 0 Å². The minimum absolute atomic E-state index is 0.141. The first kappa shape index (κ1) is 16.0. The average molecular weight is 353 g/mol. The van der Waals surface area contributed by atoms with E-state index < -0.39 is 0 Å². The van der Waals surface area contributed by atoms with Gasteiger partial charge in [-0.3, -0.25) is 4.79 Å². The Hall–Kier alpha value is -1.89. The number of ether oxygens (including phenoxy) is 1. The molecule has 120 valence electrons. The van der Waals surface area contributed by atoms with Crippen LogP contribution in [-0.4, -0.2) is 47.3 Å². The van der Waals surface area contributed by atoms with Crippen LogP contribution in [0.5, 0.6) is 0 Å². The summed E-state index contributed by atoms with van der Waals surface area (Å²) in [6, 6.07) is 8.42. The topological polar surface area (TPSA) is 67.4 Å². The van der Waals surface area contributed by atoms with Gasteiger partial charge >= 0.3 is 0 Å². The molecule has 1 aromatic carbocycles. The van der Waals surface area contributed by atoms with Crippen LogP contribution in [0.3, 0.4) is 0 Å². The molecule has 0 saturated carbocycles. The smallest absolute Gasteiger partial charge is 0.274 e. The average Bonchev–Trinajstić information content (AvgIpc) is 2.55. The molecule has 23 heavy (non-hydrogen) atoms. The number of nitrogens with zero attached hydrogens (tertiary/aromatic N) is 3. The molecule has 1 N–H and O–H groups in total. The summed E-state index contributed by atoms with van der Waals surface area (Å²) in [5.41, 5.74) is 1.01. The lowest BCUT2D eigenvalue weighted by molar-refractivity contribution is 0.0298. The number of hydrogen-bond acceptors (Lipinski definition) is 5. The van der Waals surface area contributed by atoms with Crippen molar-refractivity contribution in [1.82, 2.24) is 15.1 Å². The number of carbonyl (C=O) groups excluding carboxylic acids is 1. The van der Waals surface area contributed by atoms with Crippen LogP contribution in [0.15, 0.2) is 30.3 Å². The van der Waals surface area contributed by atoms with Crippen LogP contribution in [-0.2, 0) is 4.74 Å². The summed E-state index contributed by atoms with van der Waals surface area (Å²) in [5, 5.41) is 12.1. The highest BCUT2D eigenvalue weighted by Crippen LogP contribution is 2.24. The van der Waals surface area contributed by atoms with E-state index in [1.807, 2.05) is 0 Å². The van der Waals surface area contributed by atoms with E-state index in [1.54, 1.807) is 35.2 Å². The molecule has 0 radical (unpaired) electrons. The minimum Gasteiger partial charge on any atom is -0.378 e. The number of hydrogen-bond donors (Lipinski definition) is 1. The van der Waals surface area contributed by atoms with E-state index in [2.05, 4.69) is 15.5 Å². The van der Waals surface area contributed by atoms with Crippen LogP contribution in [0.1, 0.15) is 10.5 Å². The molecule has 0 atom stereocenters. The molecular weight excluding hydrogens is 339 g/mol. The number of benzene rings is 1. The Labute approximate surface area is 143 Å². The predicted molar refractivity (Wildman–Crippen MR) is 88.5 cm³/mol. The van der Waals surface area contributed by atoms with Gasteiger partial charge < -0.3 is 15.0 Å². The summed E-state index contributed by atoms with van der Waals surface area (Å²) in [5.74, 6) is 0.361. The summed E-state index contributed by atoms with van der Waals surface area (Å²) in [7, 11) is 0. The lowest BCUT2D eigenvalue weighted by Gasteiger charge is -2.26. The second-order valence-corrected chi connectivity index (χ2v) is 5.86. The standard InChI is InChI=1S/C15H14Cl2N4O2/c16-10-7-11(17)9-12(8-10)18-14-2-1-13(19-20-14)15(22)21-3-5-23-6-4-21/h1-2,7-9H,3-6H2,(H,18,20). The maximum atomic E-state index is 12.3. The highest BCUT2D eigenvalue weighted by molar-refractivity contribution is 6.35. The van der Waals surface area contributed by atoms with Gasteiger partial charge in [-0.2, -0.15) is 0 Å². The molecule has 0 aliphatic carbocycles. The summed E-state index contributed by atoms with van der Waals surface area (Å²) in [6.07, 6.45) is 0. The molecule has 8 heteroatoms. The maximum absolute atomic E-state index is 12.3. The predicted octanol–water partition coefficient (Wildman–Crippen LogP) is 3.00. The SMILES string of the molecule is O=C(c1ccc(Nc2cc(Cl)cc(Cl)c2)nn1)N1CCOCC1. The molecule has 0 unspecified atom stereocenters. The minimum atomic E-state index is -0.141. The van der Waals surface area contributed by atoms with Gasteiger partial charge in [-0.1, -0.05) is 23.2 Å². The Bertz CT molecular complexity index is 683. The molecule has 1 amide bonds. The van der Waals surface area contributed by atoms with E-state index in [0.717, 1.165) is 0 Å². The molecule has 1 aliphatic rings. The first-order chi connectivity index (χ1) is 11.1. The van der Waals surface area contributed by atoms with Crippen molar-refractivity contribution < 1.29 is 9.53 Å². The first-order valence-electron chi connectivity index (χ1n) is 7.06. The van der Waals surface area contributed by atoms with Crippen LogP contribution >= 0.6 is 23.2 Å². The Morgan fingerprint density at radius 2 is 1.78 bits per heavy atom. The van der Waals surface area contributed by atoms with Crippen LogP contribution in [0.2, 0.25) is 10.0 Å². The maximum Gasteiger partial charge on any atom is 0.274 e. The van der Waals surface area contributed by atoms with Crippen molar-refractivity contribution in [2.24, 2.45) is 0 Å². The fourth-order valence-electron chi connectivity index (χ4n) is 2.22. The van der Waals surface area contributed by atoms with Crippen molar-refractivity contribution in [2.75, 3.05) is 31.6 Å². The molecule has 1 aromatic heterocycles. The lowest BCUT2D eigenvalue weighted by atomic mass is 10.3. The Balaban J connectivity index is 1.70. The van der Waals surface area contributed by atoms with Gasteiger partial charge in [-0.25, -0.2) is 0 Å². The third-order valence-corrected chi connectivity index (χ3v) is 3.75. The largest absolute Gasteiger partial charge is 0.378 e. The molecule has 2 aromatic rings. The van der Waals surface area contributed by atoms with Crippen molar-refractivity contribution in [3.05, 3.63) is 46.1 Å². The number of halogens is 2. The van der Waals surface area contributed by atoms with Gasteiger partial charge in [0.2, 0.25) is 0 Å². The molecule has 1 aliphatic heterocycles. The van der Waals surface area contributed by atoms with E-state index in [9.17, 15) is 4.79 Å². The highest BCUT2D eigenvalue weighted by Gasteiger charge is 2.19. The second kappa shape index (κ2) is 7.12. The van der Waals surface area contributed by atoms with Crippen LogP contribution in [0, 0.1) is 0 Å². The molecule has 1 fully saturated rings. The van der Waals surface area contributed by atoms with Gasteiger partial charge in [0.05, 0.1) is 13.2 Å². The lowest BCUT2D eigenvalue weighted by Crippen LogP contribution is -2.41. The van der Waals surface area contributed by atoms with E-state index in [4.69, 9.17) is 27.9 Å². The number of aromatic nitrogens is 2. The van der Waals surface area contributed by atoms with Crippen molar-refractivity contribution in [3.63, 3.8) is 0 Å². The zero-order valence-corrected chi connectivity index (χ0v) is 13.6. The van der Waals surface area contributed by atoms with Gasteiger partial charge in [-0.05, 0) is 30.3 Å². The Morgan fingerprint density at radius 1 is 1.09 bits per heavy atom. The second-order valence-electron chi connectivity index (χ2n) is 4.99. The quantitative estimate of drug-likeness (QED) is 0.919. The van der Waals surface area contributed by atoms with Gasteiger partial charge in [-0.15, -0.1) is 10.2 Å². The number of amides is 1. The molecule has 2 heterocycles. The summed E-state index contributed by atoms with van der Waals surface area (Å²) in [4.78, 5) is 14.0. The van der Waals surface area contributed by atoms with Crippen LogP contribution < -0.4 is 5.32 Å². The van der Waals surface area contributed by atoms with Crippen LogP contribution in [0.4, 0.5) is 11.5 Å². The highest BCUT2D eigenvalue weighted by atomic mass is 35.5. The number of carbonyl (C=O) groups is 1. The zero-order valence-electron chi connectivity index (χ0n) is 12.1. The monoisotopic (exact) mass is 352 g/mol. The van der Waals surface area contributed by atoms with Crippen LogP contribution in [0.25, 0.3) is 0 Å². The number of nitrogens with one attached hydrogen (secondary N) is 1. The Morgan fingerprint density at radius 3 is 2.39 bits per heavy atom. The van der Waals surface area contributed by atoms with Gasteiger partial charge in [0.15, 0.2) is 11.5 Å². The molecule has 1 saturated heterocycles. The normalized spacial score (nSPS) is 14.6. The van der Waals surface area contributed by atoms with Gasteiger partial charge in [0.1, 0.15) is 0 Å². The summed E-state index contributed by atoms with van der Waals surface area (Å²) < 4.78 is 5.23. The Kier molecular flexibility index (Phi) is 4.95. The van der Waals surface area contributed by atoms with E-state index in [-0.39, 0.29) is 5.91 Å².